The van der Waals surface area contributed by atoms with Gasteiger partial charge in [-0.3, -0.25) is 19.2 Å². The van der Waals surface area contributed by atoms with Crippen molar-refractivity contribution in [3.8, 4) is 0 Å². The molecule has 184 valence electrons. The summed E-state index contributed by atoms with van der Waals surface area (Å²) in [6.45, 7) is 0.599. The maximum Gasteiger partial charge on any atom is 0.416 e. The predicted molar refractivity (Wildman–Crippen MR) is 124 cm³/mol. The first-order valence-corrected chi connectivity index (χ1v) is 11.6. The summed E-state index contributed by atoms with van der Waals surface area (Å²) in [4.78, 5) is 22.9. The number of carbonyl (C=O) groups is 1. The van der Waals surface area contributed by atoms with Crippen LogP contribution in [0.1, 0.15) is 11.1 Å². The van der Waals surface area contributed by atoms with E-state index >= 15 is 0 Å². The highest BCUT2D eigenvalue weighted by molar-refractivity contribution is 7.92. The van der Waals surface area contributed by atoms with Crippen LogP contribution in [0.2, 0.25) is 5.02 Å². The van der Waals surface area contributed by atoms with Crippen molar-refractivity contribution in [3.63, 3.8) is 0 Å². The Labute approximate surface area is 203 Å². The Kier molecular flexibility index (Phi) is 7.36. The number of rotatable bonds is 7. The van der Waals surface area contributed by atoms with E-state index in [0.717, 1.165) is 12.1 Å². The van der Waals surface area contributed by atoms with Gasteiger partial charge in [0.2, 0.25) is 5.91 Å². The molecule has 3 rings (SSSR count). The molecule has 0 fully saturated rings. The van der Waals surface area contributed by atoms with E-state index in [0.29, 0.717) is 22.0 Å². The number of aryl methyl sites for hydroxylation is 1. The van der Waals surface area contributed by atoms with Gasteiger partial charge in [0.1, 0.15) is 6.54 Å². The van der Waals surface area contributed by atoms with Gasteiger partial charge in [-0.15, -0.1) is 0 Å². The summed E-state index contributed by atoms with van der Waals surface area (Å²) in [7, 11) is -4.55. The Hall–Kier alpha value is -3.64. The minimum absolute atomic E-state index is 0.0383. The maximum absolute atomic E-state index is 13.4. The molecule has 35 heavy (non-hydrogen) atoms. The third-order valence-corrected chi connectivity index (χ3v) is 6.96. The summed E-state index contributed by atoms with van der Waals surface area (Å²) in [6.07, 6.45) is -4.80. The lowest BCUT2D eigenvalue weighted by Gasteiger charge is -2.26. The normalized spacial score (nSPS) is 11.7. The van der Waals surface area contributed by atoms with Gasteiger partial charge in [-0.25, -0.2) is 8.42 Å². The fraction of sp³-hybridized carbons (Fsp3) is 0.136. The monoisotopic (exact) mass is 527 g/mol. The van der Waals surface area contributed by atoms with Gasteiger partial charge >= 0.3 is 6.18 Å². The molecule has 0 aliphatic rings. The molecule has 0 atom stereocenters. The van der Waals surface area contributed by atoms with E-state index in [1.165, 1.54) is 36.4 Å². The number of non-ortho nitro benzene ring substituents is 1. The standard InChI is InChI=1S/C22H17ClF3N3O5S/c1-14-7-9-16(29(31)32)12-19(14)27-21(30)13-28(35(33,34)17-5-3-2-4-6-17)20-11-15(22(24,25)26)8-10-18(20)23/h2-12H,13H2,1H3,(H,27,30). The minimum atomic E-state index is -4.80. The fourth-order valence-electron chi connectivity index (χ4n) is 3.08. The van der Waals surface area contributed by atoms with Crippen LogP contribution in [0.15, 0.2) is 71.6 Å². The average molecular weight is 528 g/mol. The van der Waals surface area contributed by atoms with Crippen LogP contribution in [-0.2, 0) is 21.0 Å². The Morgan fingerprint density at radius 3 is 2.34 bits per heavy atom. The van der Waals surface area contributed by atoms with Crippen LogP contribution < -0.4 is 9.62 Å². The zero-order valence-corrected chi connectivity index (χ0v) is 19.5. The quantitative estimate of drug-likeness (QED) is 0.326. The molecule has 3 aromatic rings. The van der Waals surface area contributed by atoms with Gasteiger partial charge in [0.15, 0.2) is 0 Å². The molecule has 8 nitrogen and oxygen atoms in total. The largest absolute Gasteiger partial charge is 0.416 e. The maximum atomic E-state index is 13.4. The molecule has 0 spiro atoms. The molecule has 0 saturated heterocycles. The number of hydrogen-bond donors (Lipinski definition) is 1. The van der Waals surface area contributed by atoms with Gasteiger partial charge in [-0.2, -0.15) is 13.2 Å². The van der Waals surface area contributed by atoms with Gasteiger partial charge in [-0.05, 0) is 42.8 Å². The molecule has 0 aliphatic carbocycles. The molecular formula is C22H17ClF3N3O5S. The SMILES string of the molecule is Cc1ccc([N+](=O)[O-])cc1NC(=O)CN(c1cc(C(F)(F)F)ccc1Cl)S(=O)(=O)c1ccccc1. The third-order valence-electron chi connectivity index (χ3n) is 4.87. The van der Waals surface area contributed by atoms with Crippen LogP contribution in [0.25, 0.3) is 0 Å². The molecule has 0 bridgehead atoms. The Balaban J connectivity index is 2.06. The number of amides is 1. The summed E-state index contributed by atoms with van der Waals surface area (Å²) in [6, 6.07) is 12.6. The van der Waals surface area contributed by atoms with Crippen LogP contribution in [0.5, 0.6) is 0 Å². The summed E-state index contributed by atoms with van der Waals surface area (Å²) in [5.74, 6) is -0.957. The number of nitrogens with one attached hydrogen (secondary N) is 1. The first-order valence-electron chi connectivity index (χ1n) is 9.80. The van der Waals surface area contributed by atoms with Gasteiger partial charge < -0.3 is 5.32 Å². The zero-order valence-electron chi connectivity index (χ0n) is 17.9. The van der Waals surface area contributed by atoms with Gasteiger partial charge in [0.25, 0.3) is 15.7 Å². The van der Waals surface area contributed by atoms with Crippen molar-refractivity contribution < 1.29 is 31.3 Å². The van der Waals surface area contributed by atoms with Crippen LogP contribution in [0.4, 0.5) is 30.2 Å². The van der Waals surface area contributed by atoms with E-state index in [-0.39, 0.29) is 21.3 Å². The summed E-state index contributed by atoms with van der Waals surface area (Å²) >= 11 is 6.08. The molecule has 0 radical (unpaired) electrons. The second-order valence-electron chi connectivity index (χ2n) is 7.29. The van der Waals surface area contributed by atoms with Crippen molar-refractivity contribution in [1.29, 1.82) is 0 Å². The molecule has 0 unspecified atom stereocenters. The number of benzene rings is 3. The molecule has 0 saturated carbocycles. The molecule has 1 N–H and O–H groups in total. The number of halogens is 4. The van der Waals surface area contributed by atoms with Crippen molar-refractivity contribution in [2.75, 3.05) is 16.2 Å². The van der Waals surface area contributed by atoms with Gasteiger partial charge in [0, 0.05) is 12.1 Å². The molecule has 3 aromatic carbocycles. The second-order valence-corrected chi connectivity index (χ2v) is 9.56. The van der Waals surface area contributed by atoms with E-state index in [9.17, 15) is 36.5 Å². The van der Waals surface area contributed by atoms with Crippen molar-refractivity contribution in [2.45, 2.75) is 18.0 Å². The molecule has 0 heterocycles. The predicted octanol–water partition coefficient (Wildman–Crippen LogP) is 5.41. The summed E-state index contributed by atoms with van der Waals surface area (Å²) < 4.78 is 67.2. The van der Waals surface area contributed by atoms with E-state index < -0.39 is 44.8 Å². The number of sulfonamides is 1. The Bertz CT molecular complexity index is 1380. The third kappa shape index (κ3) is 5.89. The number of alkyl halides is 3. The minimum Gasteiger partial charge on any atom is -0.324 e. The molecule has 13 heteroatoms. The molecule has 0 aliphatic heterocycles. The molecule has 0 aromatic heterocycles. The Morgan fingerprint density at radius 1 is 1.09 bits per heavy atom. The van der Waals surface area contributed by atoms with Crippen LogP contribution in [0.3, 0.4) is 0 Å². The summed E-state index contributed by atoms with van der Waals surface area (Å²) in [5, 5.41) is 13.1. The van der Waals surface area contributed by atoms with Gasteiger partial charge in [0.05, 0.1) is 31.8 Å². The van der Waals surface area contributed by atoms with E-state index in [4.69, 9.17) is 11.6 Å². The highest BCUT2D eigenvalue weighted by atomic mass is 35.5. The number of nitrogens with zero attached hydrogens (tertiary/aromatic N) is 2. The topological polar surface area (TPSA) is 110 Å². The zero-order chi connectivity index (χ0) is 26.0. The van der Waals surface area contributed by atoms with Crippen molar-refractivity contribution in [2.24, 2.45) is 0 Å². The first kappa shape index (κ1) is 26.0. The van der Waals surface area contributed by atoms with E-state index in [1.807, 2.05) is 0 Å². The fourth-order valence-corrected chi connectivity index (χ4v) is 4.80. The van der Waals surface area contributed by atoms with Crippen LogP contribution >= 0.6 is 11.6 Å². The Morgan fingerprint density at radius 2 is 1.74 bits per heavy atom. The number of carbonyl (C=O) groups excluding carboxylic acids is 1. The van der Waals surface area contributed by atoms with Crippen molar-refractivity contribution >= 4 is 44.6 Å². The lowest BCUT2D eigenvalue weighted by Crippen LogP contribution is -2.38. The second kappa shape index (κ2) is 9.92. The first-order chi connectivity index (χ1) is 16.3. The number of nitro benzene ring substituents is 1. The van der Waals surface area contributed by atoms with E-state index in [1.54, 1.807) is 13.0 Å². The lowest BCUT2D eigenvalue weighted by atomic mass is 10.1. The van der Waals surface area contributed by atoms with Crippen molar-refractivity contribution in [3.05, 3.63) is 93.0 Å². The smallest absolute Gasteiger partial charge is 0.324 e. The highest BCUT2D eigenvalue weighted by Crippen LogP contribution is 2.37. The van der Waals surface area contributed by atoms with Gasteiger partial charge in [-0.1, -0.05) is 35.9 Å². The van der Waals surface area contributed by atoms with Crippen molar-refractivity contribution in [1.82, 2.24) is 0 Å². The number of anilines is 2. The van der Waals surface area contributed by atoms with Crippen LogP contribution in [0, 0.1) is 17.0 Å². The average Bonchev–Trinajstić information content (AvgIpc) is 2.79. The molecule has 1 amide bonds. The lowest BCUT2D eigenvalue weighted by molar-refractivity contribution is -0.384. The number of nitro groups is 1. The van der Waals surface area contributed by atoms with Crippen LogP contribution in [-0.4, -0.2) is 25.8 Å². The number of hydrogen-bond acceptors (Lipinski definition) is 5. The summed E-state index contributed by atoms with van der Waals surface area (Å²) in [5.41, 5.74) is -1.56. The molecular weight excluding hydrogens is 511 g/mol. The van der Waals surface area contributed by atoms with E-state index in [2.05, 4.69) is 5.32 Å². The highest BCUT2D eigenvalue weighted by Gasteiger charge is 2.34.